The summed E-state index contributed by atoms with van der Waals surface area (Å²) in [5, 5.41) is 29.5. The highest BCUT2D eigenvalue weighted by Gasteiger charge is 2.29. The Hall–Kier alpha value is -3.94. The first kappa shape index (κ1) is 32.0. The van der Waals surface area contributed by atoms with Gasteiger partial charge in [-0.25, -0.2) is 4.98 Å². The number of anilines is 1. The minimum atomic E-state index is -0.763. The molecule has 0 bridgehead atoms. The number of halogens is 1. The molecule has 46 heavy (non-hydrogen) atoms. The summed E-state index contributed by atoms with van der Waals surface area (Å²) in [6.07, 6.45) is 2.67. The predicted octanol–water partition coefficient (Wildman–Crippen LogP) is 6.18. The molecule has 6 rings (SSSR count). The highest BCUT2D eigenvalue weighted by molar-refractivity contribution is 6.36. The number of rotatable bonds is 10. The standard InChI is InChI=1S/C36H40ClN5O4/c1-3-41(16-17-43)27-11-14-42(15-12-27)32-9-5-8-30(33(32)37)28-6-4-7-29(23(28)2)35-39-31-19-24(18-26(20-38)34(31)46-35)21-40-13-10-25(22-40)36(44)45/h4-9,18-19,25,27,43H,3,10-17,21-22H2,1-2H3,(H,44,45)/t25-/m1/s1. The van der Waals surface area contributed by atoms with E-state index in [4.69, 9.17) is 21.0 Å². The Bertz CT molecular complexity index is 1770. The van der Waals surface area contributed by atoms with Crippen LogP contribution in [-0.4, -0.2) is 82.9 Å². The number of nitriles is 1. The number of hydrogen-bond donors (Lipinski definition) is 2. The van der Waals surface area contributed by atoms with Crippen LogP contribution in [0, 0.1) is 24.2 Å². The number of carbonyl (C=O) groups is 1. The second-order valence-electron chi connectivity index (χ2n) is 12.4. The van der Waals surface area contributed by atoms with Gasteiger partial charge in [-0.15, -0.1) is 0 Å². The van der Waals surface area contributed by atoms with E-state index in [-0.39, 0.29) is 12.5 Å². The van der Waals surface area contributed by atoms with Crippen molar-refractivity contribution in [2.24, 2.45) is 5.92 Å². The van der Waals surface area contributed by atoms with Crippen LogP contribution >= 0.6 is 11.6 Å². The number of likely N-dealkylation sites (tertiary alicyclic amines) is 1. The molecule has 2 saturated heterocycles. The van der Waals surface area contributed by atoms with E-state index < -0.39 is 5.97 Å². The maximum atomic E-state index is 11.4. The molecule has 1 atom stereocenters. The molecule has 9 nitrogen and oxygen atoms in total. The lowest BCUT2D eigenvalue weighted by molar-refractivity contribution is -0.141. The summed E-state index contributed by atoms with van der Waals surface area (Å²) in [5.41, 5.74) is 7.12. The van der Waals surface area contributed by atoms with Gasteiger partial charge in [0.1, 0.15) is 11.6 Å². The van der Waals surface area contributed by atoms with Gasteiger partial charge in [0.15, 0.2) is 5.58 Å². The number of benzene rings is 3. The molecule has 240 valence electrons. The van der Waals surface area contributed by atoms with Crippen molar-refractivity contribution in [3.8, 4) is 28.7 Å². The Morgan fingerprint density at radius 2 is 1.85 bits per heavy atom. The number of nitrogens with zero attached hydrogens (tertiary/aromatic N) is 5. The van der Waals surface area contributed by atoms with Gasteiger partial charge in [-0.05, 0) is 80.2 Å². The number of aliphatic carboxylic acids is 1. The van der Waals surface area contributed by atoms with Gasteiger partial charge in [-0.2, -0.15) is 5.26 Å². The molecule has 10 heteroatoms. The zero-order valence-electron chi connectivity index (χ0n) is 26.4. The van der Waals surface area contributed by atoms with Crippen molar-refractivity contribution >= 4 is 34.4 Å². The van der Waals surface area contributed by atoms with Crippen LogP contribution in [0.5, 0.6) is 0 Å². The van der Waals surface area contributed by atoms with Crippen molar-refractivity contribution in [3.05, 3.63) is 70.2 Å². The molecule has 2 aliphatic rings. The molecule has 2 fully saturated rings. The molecule has 3 heterocycles. The molecule has 4 aromatic rings. The van der Waals surface area contributed by atoms with Crippen LogP contribution in [-0.2, 0) is 11.3 Å². The smallest absolute Gasteiger partial charge is 0.307 e. The monoisotopic (exact) mass is 641 g/mol. The summed E-state index contributed by atoms with van der Waals surface area (Å²) in [7, 11) is 0. The second-order valence-corrected chi connectivity index (χ2v) is 12.7. The summed E-state index contributed by atoms with van der Waals surface area (Å²) in [6, 6.07) is 18.7. The van der Waals surface area contributed by atoms with Gasteiger partial charge in [0, 0.05) is 49.9 Å². The zero-order valence-corrected chi connectivity index (χ0v) is 27.1. The molecule has 2 aliphatic heterocycles. The predicted molar refractivity (Wildman–Crippen MR) is 180 cm³/mol. The van der Waals surface area contributed by atoms with Crippen LogP contribution in [0.3, 0.4) is 0 Å². The van der Waals surface area contributed by atoms with Crippen molar-refractivity contribution in [1.29, 1.82) is 5.26 Å². The molecule has 0 unspecified atom stereocenters. The average Bonchev–Trinajstić information content (AvgIpc) is 3.71. The molecule has 0 radical (unpaired) electrons. The average molecular weight is 642 g/mol. The largest absolute Gasteiger partial charge is 0.481 e. The summed E-state index contributed by atoms with van der Waals surface area (Å²) < 4.78 is 6.24. The van der Waals surface area contributed by atoms with Crippen LogP contribution in [0.15, 0.2) is 52.9 Å². The molecule has 0 spiro atoms. The number of aliphatic hydroxyl groups is 1. The number of carboxylic acid groups (broad SMARTS) is 1. The van der Waals surface area contributed by atoms with Gasteiger partial charge in [-0.3, -0.25) is 14.6 Å². The highest BCUT2D eigenvalue weighted by atomic mass is 35.5. The van der Waals surface area contributed by atoms with E-state index >= 15 is 0 Å². The Morgan fingerprint density at radius 3 is 2.54 bits per heavy atom. The summed E-state index contributed by atoms with van der Waals surface area (Å²) in [6.45, 7) is 9.57. The van der Waals surface area contributed by atoms with Gasteiger partial charge in [-0.1, -0.05) is 42.8 Å². The molecule has 1 aromatic heterocycles. The fourth-order valence-electron chi connectivity index (χ4n) is 7.15. The SMILES string of the molecule is CCN(CCO)C1CCN(c2cccc(-c3cccc(-c4nc5cc(CN6CC[C@@H](C(=O)O)C6)cc(C#N)c5o4)c3C)c2Cl)CC1. The summed E-state index contributed by atoms with van der Waals surface area (Å²) >= 11 is 7.14. The minimum absolute atomic E-state index is 0.180. The Balaban J connectivity index is 1.26. The Kier molecular flexibility index (Phi) is 9.62. The Labute approximate surface area is 274 Å². The van der Waals surface area contributed by atoms with Gasteiger partial charge in [0.2, 0.25) is 5.89 Å². The summed E-state index contributed by atoms with van der Waals surface area (Å²) in [5.74, 6) is -0.683. The lowest BCUT2D eigenvalue weighted by Gasteiger charge is -2.39. The highest BCUT2D eigenvalue weighted by Crippen LogP contribution is 2.41. The van der Waals surface area contributed by atoms with Gasteiger partial charge >= 0.3 is 5.97 Å². The maximum absolute atomic E-state index is 11.4. The molecular weight excluding hydrogens is 602 g/mol. The third-order valence-electron chi connectivity index (χ3n) is 9.65. The fourth-order valence-corrected chi connectivity index (χ4v) is 7.49. The first-order valence-electron chi connectivity index (χ1n) is 16.1. The van der Waals surface area contributed by atoms with Crippen molar-refractivity contribution in [2.45, 2.75) is 45.7 Å². The van der Waals surface area contributed by atoms with E-state index in [1.807, 2.05) is 37.3 Å². The lowest BCUT2D eigenvalue weighted by Crippen LogP contribution is -2.46. The number of piperidine rings is 1. The number of hydrogen-bond acceptors (Lipinski definition) is 8. The number of carboxylic acids is 1. The van der Waals surface area contributed by atoms with Crippen LogP contribution < -0.4 is 4.90 Å². The number of likely N-dealkylation sites (N-methyl/N-ethyl adjacent to an activating group) is 1. The number of aromatic nitrogens is 1. The normalized spacial score (nSPS) is 17.7. The summed E-state index contributed by atoms with van der Waals surface area (Å²) in [4.78, 5) is 23.1. The minimum Gasteiger partial charge on any atom is -0.481 e. The van der Waals surface area contributed by atoms with Crippen molar-refractivity contribution in [2.75, 3.05) is 50.8 Å². The van der Waals surface area contributed by atoms with Crippen LogP contribution in [0.4, 0.5) is 5.69 Å². The van der Waals surface area contributed by atoms with Gasteiger partial charge in [0.05, 0.1) is 28.8 Å². The van der Waals surface area contributed by atoms with E-state index in [0.717, 1.165) is 66.0 Å². The van der Waals surface area contributed by atoms with Crippen molar-refractivity contribution in [3.63, 3.8) is 0 Å². The second kappa shape index (κ2) is 13.8. The Morgan fingerprint density at radius 1 is 1.11 bits per heavy atom. The van der Waals surface area contributed by atoms with Crippen molar-refractivity contribution < 1.29 is 19.4 Å². The van der Waals surface area contributed by atoms with Gasteiger partial charge in [0.25, 0.3) is 0 Å². The lowest BCUT2D eigenvalue weighted by atomic mass is 9.95. The van der Waals surface area contributed by atoms with E-state index in [2.05, 4.69) is 45.9 Å². The number of fused-ring (bicyclic) bond motifs is 1. The first-order valence-corrected chi connectivity index (χ1v) is 16.5. The number of oxazole rings is 1. The first-order chi connectivity index (χ1) is 22.3. The fraction of sp³-hybridized carbons (Fsp3) is 0.417. The van der Waals surface area contributed by atoms with E-state index in [0.29, 0.717) is 66.2 Å². The third-order valence-corrected chi connectivity index (χ3v) is 10.0. The molecule has 0 amide bonds. The van der Waals surface area contributed by atoms with E-state index in [1.165, 1.54) is 0 Å². The quantitative estimate of drug-likeness (QED) is 0.209. The third kappa shape index (κ3) is 6.36. The molecule has 0 saturated carbocycles. The zero-order chi connectivity index (χ0) is 32.4. The van der Waals surface area contributed by atoms with Gasteiger partial charge < -0.3 is 19.5 Å². The van der Waals surface area contributed by atoms with E-state index in [9.17, 15) is 20.3 Å². The maximum Gasteiger partial charge on any atom is 0.307 e. The van der Waals surface area contributed by atoms with Crippen molar-refractivity contribution in [1.82, 2.24) is 14.8 Å². The van der Waals surface area contributed by atoms with E-state index in [1.54, 1.807) is 0 Å². The molecule has 3 aromatic carbocycles. The molecular formula is C36H40ClN5O4. The number of aliphatic hydroxyl groups excluding tert-OH is 1. The molecule has 0 aliphatic carbocycles. The van der Waals surface area contributed by atoms with Crippen LogP contribution in [0.1, 0.15) is 42.9 Å². The van der Waals surface area contributed by atoms with Crippen LogP contribution in [0.2, 0.25) is 5.02 Å². The topological polar surface area (TPSA) is 117 Å². The molecule has 2 N–H and O–H groups in total. The van der Waals surface area contributed by atoms with Crippen LogP contribution in [0.25, 0.3) is 33.7 Å².